The summed E-state index contributed by atoms with van der Waals surface area (Å²) in [4.78, 5) is 1.65. The van der Waals surface area contributed by atoms with Gasteiger partial charge in [0.2, 0.25) is 0 Å². The van der Waals surface area contributed by atoms with Crippen molar-refractivity contribution in [1.82, 2.24) is 4.90 Å². The molecular formula is C11H13F2N. The quantitative estimate of drug-likeness (QED) is 0.617. The summed E-state index contributed by atoms with van der Waals surface area (Å²) in [5.74, 6) is -2.70. The average molecular weight is 197 g/mol. The molecule has 0 bridgehead atoms. The summed E-state index contributed by atoms with van der Waals surface area (Å²) in [7, 11) is 1.72. The van der Waals surface area contributed by atoms with Crippen LogP contribution in [0.5, 0.6) is 0 Å². The van der Waals surface area contributed by atoms with Gasteiger partial charge < -0.3 is 0 Å². The summed E-state index contributed by atoms with van der Waals surface area (Å²) in [6.07, 6.45) is 0. The topological polar surface area (TPSA) is 3.24 Å². The third kappa shape index (κ3) is 1.52. The maximum atomic E-state index is 13.6. The molecule has 76 valence electrons. The zero-order chi connectivity index (χ0) is 10.3. The van der Waals surface area contributed by atoms with Crippen LogP contribution in [-0.4, -0.2) is 18.5 Å². The van der Waals surface area contributed by atoms with E-state index in [0.717, 1.165) is 11.1 Å². The van der Waals surface area contributed by atoms with E-state index in [9.17, 15) is 8.78 Å². The molecule has 0 saturated heterocycles. The Morgan fingerprint density at radius 3 is 2.79 bits per heavy atom. The molecule has 0 fully saturated rings. The molecule has 1 aromatic carbocycles. The van der Waals surface area contributed by atoms with Crippen molar-refractivity contribution in [2.24, 2.45) is 0 Å². The van der Waals surface area contributed by atoms with E-state index in [-0.39, 0.29) is 12.1 Å². The van der Waals surface area contributed by atoms with Crippen LogP contribution in [0.3, 0.4) is 0 Å². The molecule has 1 nitrogen and oxygen atoms in total. The summed E-state index contributed by atoms with van der Waals surface area (Å²) in [5, 5.41) is 0. The van der Waals surface area contributed by atoms with Gasteiger partial charge >= 0.3 is 0 Å². The van der Waals surface area contributed by atoms with E-state index in [2.05, 4.69) is 0 Å². The zero-order valence-electron chi connectivity index (χ0n) is 8.35. The molecule has 0 radical (unpaired) electrons. The molecule has 1 aliphatic rings. The van der Waals surface area contributed by atoms with E-state index < -0.39 is 5.92 Å². The first-order chi connectivity index (χ1) is 6.49. The number of nitrogens with zero attached hydrogens (tertiary/aromatic N) is 1. The number of aryl methyl sites for hydroxylation is 1. The molecule has 0 spiro atoms. The molecule has 0 saturated carbocycles. The lowest BCUT2D eigenvalue weighted by molar-refractivity contribution is -0.0455. The van der Waals surface area contributed by atoms with Crippen LogP contribution < -0.4 is 0 Å². The summed E-state index contributed by atoms with van der Waals surface area (Å²) in [6.45, 7) is 2.28. The van der Waals surface area contributed by atoms with E-state index in [1.165, 1.54) is 0 Å². The molecule has 0 aliphatic carbocycles. The Hall–Kier alpha value is -0.960. The highest BCUT2D eigenvalue weighted by Crippen LogP contribution is 2.36. The highest BCUT2D eigenvalue weighted by atomic mass is 19.3. The molecule has 1 aliphatic heterocycles. The average Bonchev–Trinajstić information content (AvgIpc) is 2.05. The van der Waals surface area contributed by atoms with E-state index >= 15 is 0 Å². The Morgan fingerprint density at radius 1 is 1.36 bits per heavy atom. The van der Waals surface area contributed by atoms with Crippen molar-refractivity contribution >= 4 is 0 Å². The molecule has 1 aromatic rings. The first-order valence-corrected chi connectivity index (χ1v) is 4.65. The fourth-order valence-corrected chi connectivity index (χ4v) is 1.94. The number of halogens is 2. The van der Waals surface area contributed by atoms with Gasteiger partial charge in [-0.15, -0.1) is 0 Å². The molecule has 3 heteroatoms. The van der Waals surface area contributed by atoms with Gasteiger partial charge in [0.05, 0.1) is 6.54 Å². The van der Waals surface area contributed by atoms with Crippen LogP contribution in [0.15, 0.2) is 18.2 Å². The normalized spacial score (nSPS) is 20.6. The van der Waals surface area contributed by atoms with Gasteiger partial charge in [-0.1, -0.05) is 17.7 Å². The number of hydrogen-bond acceptors (Lipinski definition) is 1. The van der Waals surface area contributed by atoms with E-state index in [1.807, 2.05) is 13.0 Å². The van der Waals surface area contributed by atoms with Crippen molar-refractivity contribution in [3.63, 3.8) is 0 Å². The van der Waals surface area contributed by atoms with Crippen LogP contribution in [0.4, 0.5) is 8.78 Å². The first kappa shape index (κ1) is 9.59. The second-order valence-electron chi connectivity index (χ2n) is 4.04. The SMILES string of the molecule is Cc1ccc2c(c1)C(F)(F)CN(C)C2. The highest BCUT2D eigenvalue weighted by Gasteiger charge is 2.38. The van der Waals surface area contributed by atoms with Gasteiger partial charge in [0.15, 0.2) is 0 Å². The Morgan fingerprint density at radius 2 is 2.07 bits per heavy atom. The highest BCUT2D eigenvalue weighted by molar-refractivity contribution is 5.36. The van der Waals surface area contributed by atoms with Crippen molar-refractivity contribution in [1.29, 1.82) is 0 Å². The maximum absolute atomic E-state index is 13.6. The third-order valence-electron chi connectivity index (χ3n) is 2.57. The summed E-state index contributed by atoms with van der Waals surface area (Å²) < 4.78 is 27.2. The van der Waals surface area contributed by atoms with E-state index in [0.29, 0.717) is 6.54 Å². The summed E-state index contributed by atoms with van der Waals surface area (Å²) in [5.41, 5.74) is 1.85. The predicted octanol–water partition coefficient (Wildman–Crippen LogP) is 2.53. The van der Waals surface area contributed by atoms with Crippen LogP contribution in [-0.2, 0) is 12.5 Å². The van der Waals surface area contributed by atoms with Gasteiger partial charge in [0.25, 0.3) is 5.92 Å². The van der Waals surface area contributed by atoms with E-state index in [4.69, 9.17) is 0 Å². The van der Waals surface area contributed by atoms with Gasteiger partial charge in [-0.05, 0) is 25.6 Å². The number of fused-ring (bicyclic) bond motifs is 1. The molecule has 0 atom stereocenters. The molecule has 0 amide bonds. The molecule has 0 aromatic heterocycles. The van der Waals surface area contributed by atoms with Gasteiger partial charge in [-0.2, -0.15) is 8.78 Å². The fourth-order valence-electron chi connectivity index (χ4n) is 1.94. The van der Waals surface area contributed by atoms with Crippen LogP contribution in [0.25, 0.3) is 0 Å². The number of alkyl halides is 2. The maximum Gasteiger partial charge on any atom is 0.285 e. The fraction of sp³-hybridized carbons (Fsp3) is 0.455. The standard InChI is InChI=1S/C11H13F2N/c1-8-3-4-9-6-14(2)7-11(12,13)10(9)5-8/h3-5H,6-7H2,1-2H3. The van der Waals surface area contributed by atoms with Crippen molar-refractivity contribution in [3.05, 3.63) is 34.9 Å². The summed E-state index contributed by atoms with van der Waals surface area (Å²) in [6, 6.07) is 5.28. The number of rotatable bonds is 0. The second kappa shape index (κ2) is 3.02. The molecule has 0 unspecified atom stereocenters. The van der Waals surface area contributed by atoms with Crippen molar-refractivity contribution in [2.75, 3.05) is 13.6 Å². The number of benzene rings is 1. The molecule has 14 heavy (non-hydrogen) atoms. The predicted molar refractivity (Wildman–Crippen MR) is 51.4 cm³/mol. The minimum absolute atomic E-state index is 0.177. The zero-order valence-corrected chi connectivity index (χ0v) is 8.35. The van der Waals surface area contributed by atoms with Gasteiger partial charge in [-0.25, -0.2) is 0 Å². The summed E-state index contributed by atoms with van der Waals surface area (Å²) >= 11 is 0. The van der Waals surface area contributed by atoms with Crippen LogP contribution >= 0.6 is 0 Å². The smallest absolute Gasteiger partial charge is 0.285 e. The van der Waals surface area contributed by atoms with Gasteiger partial charge in [0, 0.05) is 12.1 Å². The lowest BCUT2D eigenvalue weighted by Crippen LogP contribution is -2.38. The Balaban J connectivity index is 2.53. The van der Waals surface area contributed by atoms with Crippen molar-refractivity contribution in [3.8, 4) is 0 Å². The number of hydrogen-bond donors (Lipinski definition) is 0. The molecule has 0 N–H and O–H groups in total. The minimum Gasteiger partial charge on any atom is -0.296 e. The Kier molecular flexibility index (Phi) is 2.07. The van der Waals surface area contributed by atoms with Crippen LogP contribution in [0.1, 0.15) is 16.7 Å². The first-order valence-electron chi connectivity index (χ1n) is 4.65. The molecule has 2 rings (SSSR count). The number of likely N-dealkylation sites (N-methyl/N-ethyl adjacent to an activating group) is 1. The van der Waals surface area contributed by atoms with Gasteiger partial charge in [-0.3, -0.25) is 4.90 Å². The van der Waals surface area contributed by atoms with E-state index in [1.54, 1.807) is 24.1 Å². The second-order valence-corrected chi connectivity index (χ2v) is 4.04. The lowest BCUT2D eigenvalue weighted by Gasteiger charge is -2.32. The molecule has 1 heterocycles. The monoisotopic (exact) mass is 197 g/mol. The van der Waals surface area contributed by atoms with Crippen LogP contribution in [0.2, 0.25) is 0 Å². The largest absolute Gasteiger partial charge is 0.296 e. The van der Waals surface area contributed by atoms with Crippen molar-refractivity contribution in [2.45, 2.75) is 19.4 Å². The lowest BCUT2D eigenvalue weighted by atomic mass is 9.95. The van der Waals surface area contributed by atoms with Crippen molar-refractivity contribution < 1.29 is 8.78 Å². The molecular weight excluding hydrogens is 184 g/mol. The minimum atomic E-state index is -2.70. The Bertz CT molecular complexity index is 360. The Labute approximate surface area is 82.3 Å². The van der Waals surface area contributed by atoms with Crippen LogP contribution in [0, 0.1) is 6.92 Å². The van der Waals surface area contributed by atoms with Gasteiger partial charge in [0.1, 0.15) is 0 Å². The third-order valence-corrected chi connectivity index (χ3v) is 2.57.